The average Bonchev–Trinajstić information content (AvgIpc) is 2.60. The molecule has 0 aliphatic heterocycles. The van der Waals surface area contributed by atoms with E-state index < -0.39 is 0 Å². The molecule has 0 N–H and O–H groups in total. The van der Waals surface area contributed by atoms with Gasteiger partial charge in [-0.15, -0.1) is 0 Å². The summed E-state index contributed by atoms with van der Waals surface area (Å²) < 4.78 is 6.29. The molecule has 0 aromatic heterocycles. The maximum atomic E-state index is 6.29. The van der Waals surface area contributed by atoms with Gasteiger partial charge in [-0.2, -0.15) is 0 Å². The quantitative estimate of drug-likeness (QED) is 0.379. The zero-order chi connectivity index (χ0) is 16.3. The molecule has 0 saturated heterocycles. The summed E-state index contributed by atoms with van der Waals surface area (Å²) in [6.45, 7) is 4.28. The van der Waals surface area contributed by atoms with E-state index >= 15 is 0 Å². The molecule has 2 aromatic carbocycles. The van der Waals surface area contributed by atoms with Crippen LogP contribution in [0.1, 0.15) is 56.8 Å². The Morgan fingerprint density at radius 3 is 2.39 bits per heavy atom. The highest BCUT2D eigenvalue weighted by Crippen LogP contribution is 2.27. The summed E-state index contributed by atoms with van der Waals surface area (Å²) in [6, 6.07) is 19.1. The molecule has 1 heteroatoms. The zero-order valence-electron chi connectivity index (χ0n) is 14.4. The fourth-order valence-corrected chi connectivity index (χ4v) is 2.74. The lowest BCUT2D eigenvalue weighted by Crippen LogP contribution is -2.07. The number of hydrogen-bond acceptors (Lipinski definition) is 1. The first kappa shape index (κ1) is 17.3. The smallest absolute Gasteiger partial charge is 0.124 e. The van der Waals surface area contributed by atoms with Crippen molar-refractivity contribution in [2.45, 2.75) is 52.1 Å². The Morgan fingerprint density at radius 2 is 1.74 bits per heavy atom. The summed E-state index contributed by atoms with van der Waals surface area (Å²) in [5.41, 5.74) is 2.63. The van der Waals surface area contributed by atoms with E-state index in [1.807, 2.05) is 0 Å². The second kappa shape index (κ2) is 9.89. The summed E-state index contributed by atoms with van der Waals surface area (Å²) in [4.78, 5) is 0. The van der Waals surface area contributed by atoms with E-state index in [4.69, 9.17) is 4.74 Å². The molecule has 122 valence electrons. The van der Waals surface area contributed by atoms with Gasteiger partial charge in [0, 0.05) is 0 Å². The summed E-state index contributed by atoms with van der Waals surface area (Å²) in [5.74, 6) is 0.963. The third-order valence-corrected chi connectivity index (χ3v) is 3.98. The van der Waals surface area contributed by atoms with E-state index in [0.29, 0.717) is 0 Å². The van der Waals surface area contributed by atoms with Crippen LogP contribution in [-0.2, 0) is 6.42 Å². The highest BCUT2D eigenvalue weighted by Gasteiger charge is 2.12. The summed E-state index contributed by atoms with van der Waals surface area (Å²) in [6.07, 6.45) is 10.1. The summed E-state index contributed by atoms with van der Waals surface area (Å²) in [5, 5.41) is 0. The van der Waals surface area contributed by atoms with Crippen molar-refractivity contribution >= 4 is 0 Å². The predicted octanol–water partition coefficient (Wildman–Crippen LogP) is 6.51. The fourth-order valence-electron chi connectivity index (χ4n) is 2.74. The molecule has 1 atom stereocenters. The van der Waals surface area contributed by atoms with Gasteiger partial charge >= 0.3 is 0 Å². The second-order valence-corrected chi connectivity index (χ2v) is 5.91. The molecule has 0 aliphatic carbocycles. The van der Waals surface area contributed by atoms with Crippen LogP contribution in [0.4, 0.5) is 0 Å². The molecule has 0 fully saturated rings. The number of ether oxygens (including phenoxy) is 1. The molecule has 1 unspecified atom stereocenters. The first-order valence-corrected chi connectivity index (χ1v) is 8.75. The van der Waals surface area contributed by atoms with Crippen LogP contribution in [0.2, 0.25) is 0 Å². The van der Waals surface area contributed by atoms with Crippen LogP contribution in [0.15, 0.2) is 66.7 Å². The first-order chi connectivity index (χ1) is 11.3. The van der Waals surface area contributed by atoms with Crippen molar-refractivity contribution in [3.05, 3.63) is 77.9 Å². The normalized spacial score (nSPS) is 12.4. The zero-order valence-corrected chi connectivity index (χ0v) is 14.4. The van der Waals surface area contributed by atoms with Gasteiger partial charge in [0.1, 0.15) is 11.9 Å². The Bertz CT molecular complexity index is 569. The number of rotatable bonds is 9. The lowest BCUT2D eigenvalue weighted by Gasteiger charge is -2.20. The van der Waals surface area contributed by atoms with Crippen molar-refractivity contribution in [3.8, 4) is 5.75 Å². The monoisotopic (exact) mass is 308 g/mol. The van der Waals surface area contributed by atoms with E-state index in [2.05, 4.69) is 80.6 Å². The molecule has 0 heterocycles. The first-order valence-electron chi connectivity index (χ1n) is 8.75. The highest BCUT2D eigenvalue weighted by molar-refractivity contribution is 5.29. The maximum absolute atomic E-state index is 6.29. The van der Waals surface area contributed by atoms with Crippen molar-refractivity contribution in [2.24, 2.45) is 0 Å². The molecule has 2 rings (SSSR count). The predicted molar refractivity (Wildman–Crippen MR) is 98.9 cm³/mol. The van der Waals surface area contributed by atoms with Gasteiger partial charge in [-0.25, -0.2) is 0 Å². The van der Waals surface area contributed by atoms with E-state index in [9.17, 15) is 0 Å². The molecule has 2 aromatic rings. The van der Waals surface area contributed by atoms with Crippen LogP contribution in [0.25, 0.3) is 0 Å². The Labute approximate surface area is 141 Å². The van der Waals surface area contributed by atoms with Gasteiger partial charge in [0.15, 0.2) is 0 Å². The average molecular weight is 308 g/mol. The Balaban J connectivity index is 2.04. The standard InChI is InChI=1S/C22H28O/c1-3-5-6-10-14-22(20-12-8-7-9-13-20)23-21-17-15-19(11-4-2)16-18-21/h3,5,7-9,12-13,15-18,22H,4,6,10-11,14H2,1-2H3. The molecule has 0 amide bonds. The largest absolute Gasteiger partial charge is 0.486 e. The molecule has 1 nitrogen and oxygen atoms in total. The number of allylic oxidation sites excluding steroid dienone is 2. The van der Waals surface area contributed by atoms with Crippen LogP contribution in [0.3, 0.4) is 0 Å². The van der Waals surface area contributed by atoms with Gasteiger partial charge in [-0.1, -0.05) is 68.0 Å². The molecule has 0 aliphatic rings. The van der Waals surface area contributed by atoms with E-state index in [0.717, 1.165) is 31.4 Å². The lowest BCUT2D eigenvalue weighted by molar-refractivity contribution is 0.192. The van der Waals surface area contributed by atoms with Crippen LogP contribution in [0.5, 0.6) is 5.75 Å². The fraction of sp³-hybridized carbons (Fsp3) is 0.364. The maximum Gasteiger partial charge on any atom is 0.124 e. The number of hydrogen-bond donors (Lipinski definition) is 0. The number of benzene rings is 2. The molecule has 0 bridgehead atoms. The minimum absolute atomic E-state index is 0.124. The van der Waals surface area contributed by atoms with Crippen LogP contribution in [0, 0.1) is 0 Å². The molecule has 0 spiro atoms. The molecule has 23 heavy (non-hydrogen) atoms. The topological polar surface area (TPSA) is 9.23 Å². The Hall–Kier alpha value is -2.02. The Kier molecular flexibility index (Phi) is 7.45. The number of unbranched alkanes of at least 4 members (excludes halogenated alkanes) is 1. The van der Waals surface area contributed by atoms with Gasteiger partial charge in [-0.3, -0.25) is 0 Å². The Morgan fingerprint density at radius 1 is 1.00 bits per heavy atom. The molecular formula is C22H28O. The van der Waals surface area contributed by atoms with Gasteiger partial charge < -0.3 is 4.74 Å². The van der Waals surface area contributed by atoms with Crippen molar-refractivity contribution in [1.29, 1.82) is 0 Å². The van der Waals surface area contributed by atoms with Crippen LogP contribution in [-0.4, -0.2) is 0 Å². The third kappa shape index (κ3) is 5.94. The molecule has 0 radical (unpaired) electrons. The minimum Gasteiger partial charge on any atom is -0.486 e. The van der Waals surface area contributed by atoms with Gasteiger partial charge in [-0.05, 0) is 55.9 Å². The van der Waals surface area contributed by atoms with E-state index in [-0.39, 0.29) is 6.10 Å². The van der Waals surface area contributed by atoms with Gasteiger partial charge in [0.25, 0.3) is 0 Å². The van der Waals surface area contributed by atoms with Crippen molar-refractivity contribution in [1.82, 2.24) is 0 Å². The van der Waals surface area contributed by atoms with Gasteiger partial charge in [0.05, 0.1) is 0 Å². The lowest BCUT2D eigenvalue weighted by atomic mass is 10.0. The van der Waals surface area contributed by atoms with E-state index in [1.54, 1.807) is 0 Å². The second-order valence-electron chi connectivity index (χ2n) is 5.91. The van der Waals surface area contributed by atoms with Crippen LogP contribution < -0.4 is 4.74 Å². The third-order valence-electron chi connectivity index (χ3n) is 3.98. The summed E-state index contributed by atoms with van der Waals surface area (Å²) in [7, 11) is 0. The molecular weight excluding hydrogens is 280 g/mol. The molecule has 0 saturated carbocycles. The SMILES string of the molecule is CC=CCCCC(Oc1ccc(CCC)cc1)c1ccccc1. The van der Waals surface area contributed by atoms with Gasteiger partial charge in [0.2, 0.25) is 0 Å². The van der Waals surface area contributed by atoms with Crippen molar-refractivity contribution < 1.29 is 4.74 Å². The van der Waals surface area contributed by atoms with E-state index in [1.165, 1.54) is 17.5 Å². The highest BCUT2D eigenvalue weighted by atomic mass is 16.5. The minimum atomic E-state index is 0.124. The van der Waals surface area contributed by atoms with Crippen molar-refractivity contribution in [3.63, 3.8) is 0 Å². The summed E-state index contributed by atoms with van der Waals surface area (Å²) >= 11 is 0. The van der Waals surface area contributed by atoms with Crippen LogP contribution >= 0.6 is 0 Å². The van der Waals surface area contributed by atoms with Crippen molar-refractivity contribution in [2.75, 3.05) is 0 Å². The number of aryl methyl sites for hydroxylation is 1.